The molecule has 1 aliphatic rings. The van der Waals surface area contributed by atoms with E-state index in [0.29, 0.717) is 17.3 Å². The fourth-order valence-corrected chi connectivity index (χ4v) is 4.25. The highest BCUT2D eigenvalue weighted by molar-refractivity contribution is 5.99. The second kappa shape index (κ2) is 9.47. The number of benzene rings is 1. The van der Waals surface area contributed by atoms with Gasteiger partial charge in [-0.1, -0.05) is 19.1 Å². The Morgan fingerprint density at radius 1 is 1.17 bits per heavy atom. The topological polar surface area (TPSA) is 60.2 Å². The molecule has 1 fully saturated rings. The minimum Gasteiger partial charge on any atom is -0.475 e. The van der Waals surface area contributed by atoms with Gasteiger partial charge in [-0.3, -0.25) is 9.48 Å². The number of amides is 1. The fourth-order valence-electron chi connectivity index (χ4n) is 4.25. The van der Waals surface area contributed by atoms with Gasteiger partial charge in [-0.05, 0) is 29.7 Å². The monoisotopic (exact) mass is 512 g/mol. The highest BCUT2D eigenvalue weighted by Crippen LogP contribution is 2.36. The number of ether oxygens (including phenoxy) is 1. The predicted octanol–water partition coefficient (Wildman–Crippen LogP) is 5.20. The highest BCUT2D eigenvalue weighted by Gasteiger charge is 2.47. The average Bonchev–Trinajstić information content (AvgIpc) is 3.19. The van der Waals surface area contributed by atoms with Gasteiger partial charge in [0.05, 0.1) is 18.2 Å². The Labute approximate surface area is 202 Å². The summed E-state index contributed by atoms with van der Waals surface area (Å²) in [5, 5.41) is 4.17. The van der Waals surface area contributed by atoms with Crippen molar-refractivity contribution in [3.8, 4) is 17.0 Å². The number of hydrogen-bond acceptors (Lipinski definition) is 4. The van der Waals surface area contributed by atoms with Crippen LogP contribution in [0.2, 0.25) is 0 Å². The summed E-state index contributed by atoms with van der Waals surface area (Å²) in [6.45, 7) is 0.394. The highest BCUT2D eigenvalue weighted by atomic mass is 19.4. The van der Waals surface area contributed by atoms with Gasteiger partial charge in [-0.15, -0.1) is 0 Å². The lowest BCUT2D eigenvalue weighted by molar-refractivity contribution is -0.137. The van der Waals surface area contributed by atoms with Gasteiger partial charge in [-0.25, -0.2) is 18.2 Å². The molecular weight excluding hydrogens is 490 g/mol. The lowest BCUT2D eigenvalue weighted by atomic mass is 9.88. The number of hydrogen-bond donors (Lipinski definition) is 0. The summed E-state index contributed by atoms with van der Waals surface area (Å²) in [4.78, 5) is 18.1. The van der Waals surface area contributed by atoms with E-state index >= 15 is 0 Å². The van der Waals surface area contributed by atoms with Gasteiger partial charge in [0.25, 0.3) is 11.8 Å². The molecule has 6 nitrogen and oxygen atoms in total. The number of aryl methyl sites for hydroxylation is 1. The van der Waals surface area contributed by atoms with Crippen LogP contribution in [0, 0.1) is 11.7 Å². The molecule has 0 saturated carbocycles. The molecular formula is C24H22F6N4O2. The van der Waals surface area contributed by atoms with E-state index < -0.39 is 54.3 Å². The van der Waals surface area contributed by atoms with Crippen LogP contribution in [0.4, 0.5) is 26.3 Å². The lowest BCUT2D eigenvalue weighted by Gasteiger charge is -2.42. The van der Waals surface area contributed by atoms with E-state index in [-0.39, 0.29) is 18.2 Å². The minimum atomic E-state index is -4.57. The van der Waals surface area contributed by atoms with Crippen LogP contribution >= 0.6 is 0 Å². The third-order valence-electron chi connectivity index (χ3n) is 5.99. The Hall–Kier alpha value is -3.57. The molecule has 0 aliphatic carbocycles. The van der Waals surface area contributed by atoms with Crippen LogP contribution in [0.15, 0.2) is 48.8 Å². The van der Waals surface area contributed by atoms with Crippen molar-refractivity contribution in [1.82, 2.24) is 19.7 Å². The van der Waals surface area contributed by atoms with Gasteiger partial charge in [0.15, 0.2) is 5.69 Å². The number of nitrogens with zero attached hydrogens (tertiary/aromatic N) is 4. The average molecular weight is 512 g/mol. The molecule has 0 bridgehead atoms. The zero-order chi connectivity index (χ0) is 26.3. The molecule has 12 heteroatoms. The zero-order valence-electron chi connectivity index (χ0n) is 19.3. The lowest BCUT2D eigenvalue weighted by Crippen LogP contribution is -2.57. The largest absolute Gasteiger partial charge is 0.475 e. The Balaban J connectivity index is 1.60. The summed E-state index contributed by atoms with van der Waals surface area (Å²) in [6.07, 6.45) is -2.93. The van der Waals surface area contributed by atoms with Crippen LogP contribution in [0.1, 0.15) is 29.4 Å². The number of alkyl halides is 5. The van der Waals surface area contributed by atoms with E-state index in [1.807, 2.05) is 0 Å². The number of rotatable bonds is 5. The van der Waals surface area contributed by atoms with Crippen molar-refractivity contribution < 1.29 is 35.9 Å². The van der Waals surface area contributed by atoms with Crippen LogP contribution in [0.25, 0.3) is 11.1 Å². The molecule has 36 heavy (non-hydrogen) atoms. The number of piperidine rings is 1. The number of pyridine rings is 1. The van der Waals surface area contributed by atoms with Crippen LogP contribution in [0.5, 0.6) is 5.88 Å². The van der Waals surface area contributed by atoms with Gasteiger partial charge in [0.2, 0.25) is 5.88 Å². The van der Waals surface area contributed by atoms with E-state index in [2.05, 4.69) is 10.1 Å². The van der Waals surface area contributed by atoms with Gasteiger partial charge in [-0.2, -0.15) is 18.3 Å². The minimum absolute atomic E-state index is 0.0911. The van der Waals surface area contributed by atoms with E-state index in [1.165, 1.54) is 35.1 Å². The van der Waals surface area contributed by atoms with Crippen LogP contribution in [-0.4, -0.2) is 50.7 Å². The second-order valence-electron chi connectivity index (χ2n) is 8.80. The van der Waals surface area contributed by atoms with Crippen molar-refractivity contribution in [2.24, 2.45) is 13.0 Å². The smallest absolute Gasteiger partial charge is 0.417 e. The van der Waals surface area contributed by atoms with Gasteiger partial charge in [0, 0.05) is 37.5 Å². The first-order valence-electron chi connectivity index (χ1n) is 11.0. The molecule has 0 spiro atoms. The summed E-state index contributed by atoms with van der Waals surface area (Å²) in [5.41, 5.74) is -0.230. The summed E-state index contributed by atoms with van der Waals surface area (Å²) < 4.78 is 87.6. The maximum Gasteiger partial charge on any atom is 0.417 e. The Morgan fingerprint density at radius 3 is 2.47 bits per heavy atom. The normalized spacial score (nSPS) is 19.8. The predicted molar refractivity (Wildman–Crippen MR) is 117 cm³/mol. The zero-order valence-corrected chi connectivity index (χ0v) is 19.3. The van der Waals surface area contributed by atoms with Crippen molar-refractivity contribution in [3.63, 3.8) is 0 Å². The Morgan fingerprint density at radius 2 is 1.86 bits per heavy atom. The maximum atomic E-state index is 14.5. The molecule has 1 amide bonds. The first-order valence-corrected chi connectivity index (χ1v) is 11.0. The Bertz CT molecular complexity index is 1220. The van der Waals surface area contributed by atoms with Gasteiger partial charge in [0.1, 0.15) is 12.4 Å². The van der Waals surface area contributed by atoms with Crippen molar-refractivity contribution >= 4 is 5.91 Å². The van der Waals surface area contributed by atoms with Crippen LogP contribution < -0.4 is 4.74 Å². The molecule has 0 radical (unpaired) electrons. The first-order chi connectivity index (χ1) is 16.8. The van der Waals surface area contributed by atoms with Gasteiger partial charge >= 0.3 is 6.18 Å². The molecule has 2 atom stereocenters. The number of carbonyl (C=O) groups excluding carboxylic acids is 1. The molecule has 3 aromatic rings. The standard InChI is InChI=1S/C24H22F6N4O2/c1-14-9-23(26,27)13-34(19(14)12-36-20-8-5-16(10-31-20)24(28,29)30)22(35)21-18(11-33(2)32-21)15-3-6-17(25)7-4-15/h3-8,10-11,14,19H,9,12-13H2,1-2H3/t14-,19-/m1/s1. The van der Waals surface area contributed by atoms with Gasteiger partial charge < -0.3 is 9.64 Å². The first kappa shape index (κ1) is 25.5. The molecule has 0 N–H and O–H groups in total. The van der Waals surface area contributed by atoms with E-state index in [1.54, 1.807) is 14.0 Å². The number of halogens is 6. The third-order valence-corrected chi connectivity index (χ3v) is 5.99. The number of likely N-dealkylation sites (tertiary alicyclic amines) is 1. The molecule has 3 heterocycles. The quantitative estimate of drug-likeness (QED) is 0.441. The van der Waals surface area contributed by atoms with Crippen molar-refractivity contribution in [3.05, 3.63) is 65.9 Å². The molecule has 4 rings (SSSR count). The fraction of sp³-hybridized carbons (Fsp3) is 0.375. The Kier molecular flexibility index (Phi) is 6.72. The molecule has 1 saturated heterocycles. The molecule has 2 aromatic heterocycles. The van der Waals surface area contributed by atoms with E-state index in [4.69, 9.17) is 4.74 Å². The SMILES string of the molecule is C[C@@H]1CC(F)(F)CN(C(=O)c2nn(C)cc2-c2ccc(F)cc2)[C@@H]1COc1ccc(C(F)(F)F)cn1. The maximum absolute atomic E-state index is 14.5. The summed E-state index contributed by atoms with van der Waals surface area (Å²) in [6, 6.07) is 6.32. The van der Waals surface area contributed by atoms with E-state index in [0.717, 1.165) is 17.0 Å². The van der Waals surface area contributed by atoms with Crippen molar-refractivity contribution in [1.29, 1.82) is 0 Å². The van der Waals surface area contributed by atoms with Crippen LogP contribution in [-0.2, 0) is 13.2 Å². The molecule has 1 aromatic carbocycles. The van der Waals surface area contributed by atoms with Crippen molar-refractivity contribution in [2.75, 3.05) is 13.2 Å². The molecule has 0 unspecified atom stereocenters. The summed E-state index contributed by atoms with van der Waals surface area (Å²) in [7, 11) is 1.56. The third kappa shape index (κ3) is 5.47. The molecule has 1 aliphatic heterocycles. The summed E-state index contributed by atoms with van der Waals surface area (Å²) >= 11 is 0. The molecule has 192 valence electrons. The second-order valence-corrected chi connectivity index (χ2v) is 8.80. The van der Waals surface area contributed by atoms with Crippen LogP contribution in [0.3, 0.4) is 0 Å². The number of aromatic nitrogens is 3. The summed E-state index contributed by atoms with van der Waals surface area (Å²) in [5.74, 6) is -5.25. The van der Waals surface area contributed by atoms with Crippen molar-refractivity contribution in [2.45, 2.75) is 31.5 Å². The van der Waals surface area contributed by atoms with E-state index in [9.17, 15) is 31.1 Å². The number of carbonyl (C=O) groups is 1.